The third-order valence-corrected chi connectivity index (χ3v) is 4.61. The fraction of sp³-hybridized carbons (Fsp3) is 0.471. The molecule has 1 aliphatic heterocycles. The molecule has 0 saturated carbocycles. The normalized spacial score (nSPS) is 18.3. The summed E-state index contributed by atoms with van der Waals surface area (Å²) in [4.78, 5) is 6.74. The average molecular weight is 318 g/mol. The molecular weight excluding hydrogens is 292 g/mol. The van der Waals surface area contributed by atoms with Crippen LogP contribution >= 0.6 is 11.8 Å². The molecule has 0 spiro atoms. The largest absolute Gasteiger partial charge is 0.369 e. The van der Waals surface area contributed by atoms with Crippen LogP contribution in [0.25, 0.3) is 0 Å². The van der Waals surface area contributed by atoms with Gasteiger partial charge < -0.3 is 15.5 Å². The van der Waals surface area contributed by atoms with Crippen LogP contribution in [0.5, 0.6) is 0 Å². The van der Waals surface area contributed by atoms with Crippen molar-refractivity contribution in [2.75, 3.05) is 43.1 Å². The molecule has 2 N–H and O–H groups in total. The van der Waals surface area contributed by atoms with Gasteiger partial charge in [-0.1, -0.05) is 24.3 Å². The smallest absolute Gasteiger partial charge is 0.191 e. The second kappa shape index (κ2) is 9.41. The number of nitrogens with one attached hydrogen (secondary N) is 2. The summed E-state index contributed by atoms with van der Waals surface area (Å²) >= 11 is 1.87. The zero-order chi connectivity index (χ0) is 15.6. The maximum absolute atomic E-state index is 4.31. The second-order valence-electron chi connectivity index (χ2n) is 5.27. The number of benzene rings is 1. The van der Waals surface area contributed by atoms with Crippen molar-refractivity contribution < 1.29 is 0 Å². The van der Waals surface area contributed by atoms with E-state index < -0.39 is 0 Å². The van der Waals surface area contributed by atoms with E-state index >= 15 is 0 Å². The number of thioether (sulfide) groups is 1. The van der Waals surface area contributed by atoms with Crippen LogP contribution in [-0.4, -0.2) is 50.2 Å². The molecule has 0 aliphatic carbocycles. The molecule has 1 aliphatic rings. The maximum Gasteiger partial charge on any atom is 0.191 e. The molecule has 0 bridgehead atoms. The number of para-hydroxylation sites is 1. The molecule has 1 saturated heterocycles. The number of hydrogen-bond acceptors (Lipinski definition) is 3. The van der Waals surface area contributed by atoms with Gasteiger partial charge in [-0.25, -0.2) is 0 Å². The zero-order valence-corrected chi connectivity index (χ0v) is 14.1. The summed E-state index contributed by atoms with van der Waals surface area (Å²) < 4.78 is 0. The van der Waals surface area contributed by atoms with E-state index in [9.17, 15) is 0 Å². The second-order valence-corrected chi connectivity index (χ2v) is 6.42. The Labute approximate surface area is 138 Å². The number of nitrogens with zero attached hydrogens (tertiary/aromatic N) is 2. The predicted octanol–water partition coefficient (Wildman–Crippen LogP) is 2.35. The van der Waals surface area contributed by atoms with Gasteiger partial charge >= 0.3 is 0 Å². The van der Waals surface area contributed by atoms with Gasteiger partial charge in [-0.3, -0.25) is 4.99 Å². The Bertz CT molecular complexity index is 475. The molecule has 0 amide bonds. The number of aliphatic imine (C=N–C) groups is 1. The Morgan fingerprint density at radius 1 is 1.45 bits per heavy atom. The van der Waals surface area contributed by atoms with Gasteiger partial charge in [0.2, 0.25) is 0 Å². The van der Waals surface area contributed by atoms with Crippen LogP contribution in [0.1, 0.15) is 6.42 Å². The van der Waals surface area contributed by atoms with E-state index in [-0.39, 0.29) is 0 Å². The molecule has 5 heteroatoms. The van der Waals surface area contributed by atoms with Gasteiger partial charge in [0.05, 0.1) is 0 Å². The fourth-order valence-electron chi connectivity index (χ4n) is 2.55. The summed E-state index contributed by atoms with van der Waals surface area (Å²) in [6, 6.07) is 11.0. The summed E-state index contributed by atoms with van der Waals surface area (Å²) in [7, 11) is 1.83. The lowest BCUT2D eigenvalue weighted by Crippen LogP contribution is -2.45. The average Bonchev–Trinajstić information content (AvgIpc) is 3.03. The highest BCUT2D eigenvalue weighted by Gasteiger charge is 2.23. The van der Waals surface area contributed by atoms with Gasteiger partial charge in [0.15, 0.2) is 5.96 Å². The number of hydrogen-bond donors (Lipinski definition) is 2. The summed E-state index contributed by atoms with van der Waals surface area (Å²) in [6.07, 6.45) is 3.08. The summed E-state index contributed by atoms with van der Waals surface area (Å²) in [5.74, 6) is 2.97. The third-order valence-electron chi connectivity index (χ3n) is 3.65. The molecule has 1 aromatic carbocycles. The van der Waals surface area contributed by atoms with Crippen LogP contribution < -0.4 is 15.5 Å². The molecule has 120 valence electrons. The molecule has 1 atom stereocenters. The molecule has 4 nitrogen and oxygen atoms in total. The monoisotopic (exact) mass is 318 g/mol. The van der Waals surface area contributed by atoms with E-state index in [2.05, 4.69) is 57.4 Å². The summed E-state index contributed by atoms with van der Waals surface area (Å²) in [6.45, 7) is 6.77. The van der Waals surface area contributed by atoms with Gasteiger partial charge in [-0.05, 0) is 18.6 Å². The van der Waals surface area contributed by atoms with Gasteiger partial charge in [-0.15, -0.1) is 6.58 Å². The first-order valence-electron chi connectivity index (χ1n) is 7.79. The Hall–Kier alpha value is -1.62. The van der Waals surface area contributed by atoms with Crippen molar-refractivity contribution >= 4 is 23.4 Å². The van der Waals surface area contributed by atoms with Gasteiger partial charge in [-0.2, -0.15) is 11.8 Å². The molecular formula is C17H26N4S. The first kappa shape index (κ1) is 16.7. The molecule has 1 aromatic rings. The quantitative estimate of drug-likeness (QED) is 0.350. The van der Waals surface area contributed by atoms with Crippen molar-refractivity contribution in [2.45, 2.75) is 12.5 Å². The van der Waals surface area contributed by atoms with E-state index in [0.29, 0.717) is 6.04 Å². The predicted molar refractivity (Wildman–Crippen MR) is 99.1 cm³/mol. The first-order chi connectivity index (χ1) is 10.8. The van der Waals surface area contributed by atoms with E-state index in [4.69, 9.17) is 0 Å². The van der Waals surface area contributed by atoms with Crippen LogP contribution in [0.4, 0.5) is 5.69 Å². The molecule has 1 fully saturated rings. The Balaban J connectivity index is 1.72. The highest BCUT2D eigenvalue weighted by atomic mass is 32.2. The lowest BCUT2D eigenvalue weighted by molar-refractivity contribution is 0.652. The number of rotatable bonds is 7. The lowest BCUT2D eigenvalue weighted by Gasteiger charge is -2.20. The van der Waals surface area contributed by atoms with Crippen LogP contribution in [0, 0.1) is 0 Å². The topological polar surface area (TPSA) is 39.7 Å². The fourth-order valence-corrected chi connectivity index (χ4v) is 3.13. The van der Waals surface area contributed by atoms with Crippen molar-refractivity contribution in [3.63, 3.8) is 0 Å². The highest BCUT2D eigenvalue weighted by Crippen LogP contribution is 2.19. The lowest BCUT2D eigenvalue weighted by atomic mass is 10.3. The molecule has 2 rings (SSSR count). The Morgan fingerprint density at radius 2 is 2.27 bits per heavy atom. The van der Waals surface area contributed by atoms with Crippen LogP contribution in [0.2, 0.25) is 0 Å². The molecule has 0 aromatic heterocycles. The Kier molecular flexibility index (Phi) is 7.16. The van der Waals surface area contributed by atoms with Crippen LogP contribution in [-0.2, 0) is 0 Å². The van der Waals surface area contributed by atoms with Crippen LogP contribution in [0.3, 0.4) is 0 Å². The van der Waals surface area contributed by atoms with Crippen LogP contribution in [0.15, 0.2) is 48.0 Å². The summed E-state index contributed by atoms with van der Waals surface area (Å²) in [5.41, 5.74) is 1.30. The van der Waals surface area contributed by atoms with Gasteiger partial charge in [0.1, 0.15) is 0 Å². The van der Waals surface area contributed by atoms with E-state index in [1.165, 1.54) is 5.69 Å². The van der Waals surface area contributed by atoms with Crippen molar-refractivity contribution in [2.24, 2.45) is 4.99 Å². The minimum absolute atomic E-state index is 0.451. The maximum atomic E-state index is 4.31. The van der Waals surface area contributed by atoms with Gasteiger partial charge in [0.25, 0.3) is 0 Å². The third kappa shape index (κ3) is 5.30. The Morgan fingerprint density at radius 3 is 3.00 bits per heavy atom. The van der Waals surface area contributed by atoms with Gasteiger partial charge in [0, 0.05) is 49.9 Å². The minimum Gasteiger partial charge on any atom is -0.369 e. The highest BCUT2D eigenvalue weighted by molar-refractivity contribution is 7.99. The number of guanidine groups is 1. The van der Waals surface area contributed by atoms with E-state index in [0.717, 1.165) is 43.5 Å². The zero-order valence-electron chi connectivity index (χ0n) is 13.3. The van der Waals surface area contributed by atoms with Crippen molar-refractivity contribution in [1.29, 1.82) is 0 Å². The molecule has 1 unspecified atom stereocenters. The molecule has 22 heavy (non-hydrogen) atoms. The minimum atomic E-state index is 0.451. The summed E-state index contributed by atoms with van der Waals surface area (Å²) in [5, 5.41) is 6.90. The van der Waals surface area contributed by atoms with Crippen molar-refractivity contribution in [1.82, 2.24) is 10.6 Å². The van der Waals surface area contributed by atoms with Crippen molar-refractivity contribution in [3.8, 4) is 0 Å². The van der Waals surface area contributed by atoms with E-state index in [1.54, 1.807) is 0 Å². The standard InChI is InChI=1S/C17H26N4S/c1-3-12-22-13-10-19-17(18-2)20-15-9-11-21(14-15)16-7-5-4-6-8-16/h3-8,15H,1,9-14H2,2H3,(H2,18,19,20). The first-order valence-corrected chi connectivity index (χ1v) is 8.94. The molecule has 1 heterocycles. The van der Waals surface area contributed by atoms with E-state index in [1.807, 2.05) is 24.9 Å². The number of anilines is 1. The molecule has 0 radical (unpaired) electrons. The SMILES string of the molecule is C=CCSCCNC(=NC)NC1CCN(c2ccccc2)C1. The van der Waals surface area contributed by atoms with Crippen molar-refractivity contribution in [3.05, 3.63) is 43.0 Å².